The summed E-state index contributed by atoms with van der Waals surface area (Å²) in [6, 6.07) is 12.5. The van der Waals surface area contributed by atoms with Crippen LogP contribution in [0.5, 0.6) is 0 Å². The zero-order valence-corrected chi connectivity index (χ0v) is 16.6. The Hall–Kier alpha value is -2.96. The Kier molecular flexibility index (Phi) is 16.7. The third-order valence-electron chi connectivity index (χ3n) is 2.29. The number of nitrogens with two attached hydrogens (primary N) is 1. The average Bonchev–Trinajstić information content (AvgIpc) is 2.67. The van der Waals surface area contributed by atoms with Gasteiger partial charge in [0.1, 0.15) is 11.5 Å². The number of carbonyl (C=O) groups excluding carboxylic acids is 2. The molecule has 2 N–H and O–H groups in total. The van der Waals surface area contributed by atoms with E-state index in [-0.39, 0.29) is 5.34 Å². The highest BCUT2D eigenvalue weighted by molar-refractivity contribution is 6.40. The first-order chi connectivity index (χ1) is 13.6. The van der Waals surface area contributed by atoms with Gasteiger partial charge in [0, 0.05) is 11.8 Å². The van der Waals surface area contributed by atoms with E-state index < -0.39 is 12.5 Å². The summed E-state index contributed by atoms with van der Waals surface area (Å²) in [5.74, 6) is 0.463. The van der Waals surface area contributed by atoms with Crippen molar-refractivity contribution in [3.8, 4) is 6.07 Å². The molecule has 2 aromatic rings. The van der Waals surface area contributed by atoms with E-state index in [1.54, 1.807) is 30.3 Å². The standard InChI is InChI=1S/C8H7N3.C7H7NO.C2HF3O.CH2Cl2/c9-6-2-4-7-3-1-5-8(10)11-7;1-6-3-2-4-7(5-9)8-6;3-2(4,5)1-6;2-1-3/h1-5H,(H2,10,11);2-5H,1H3;1H;1H2/b4-2+;;;. The Morgan fingerprint density at radius 3 is 2.00 bits per heavy atom. The number of halogens is 5. The fourth-order valence-electron chi connectivity index (χ4n) is 1.31. The van der Waals surface area contributed by atoms with Crippen LogP contribution in [-0.4, -0.2) is 34.1 Å². The van der Waals surface area contributed by atoms with Crippen molar-refractivity contribution in [2.75, 3.05) is 11.1 Å². The SMILES string of the molecule is Cc1cccc(C=O)n1.ClCCl.N#C/C=C/c1cccc(N)n1.O=CC(F)(F)F. The van der Waals surface area contributed by atoms with E-state index in [2.05, 4.69) is 9.97 Å². The number of hydrogen-bond acceptors (Lipinski definition) is 6. The summed E-state index contributed by atoms with van der Waals surface area (Å²) in [5.41, 5.74) is 7.47. The number of rotatable bonds is 2. The van der Waals surface area contributed by atoms with E-state index in [1.165, 1.54) is 6.08 Å². The third kappa shape index (κ3) is 19.6. The second kappa shape index (κ2) is 17.2. The van der Waals surface area contributed by atoms with Crippen LogP contribution < -0.4 is 5.73 Å². The van der Waals surface area contributed by atoms with Gasteiger partial charge in [0.2, 0.25) is 6.29 Å². The van der Waals surface area contributed by atoms with Crippen LogP contribution in [-0.2, 0) is 4.79 Å². The fraction of sp³-hybridized carbons (Fsp3) is 0.167. The van der Waals surface area contributed by atoms with Gasteiger partial charge in [0.05, 0.1) is 17.1 Å². The number of hydrogen-bond donors (Lipinski definition) is 1. The van der Waals surface area contributed by atoms with Gasteiger partial charge in [-0.25, -0.2) is 4.98 Å². The lowest BCUT2D eigenvalue weighted by Crippen LogP contribution is -2.07. The van der Waals surface area contributed by atoms with Gasteiger partial charge in [0.25, 0.3) is 0 Å². The monoisotopic (exact) mass is 448 g/mol. The molecule has 2 heterocycles. The zero-order valence-electron chi connectivity index (χ0n) is 15.1. The van der Waals surface area contributed by atoms with Crippen molar-refractivity contribution >= 4 is 47.7 Å². The van der Waals surface area contributed by atoms with Gasteiger partial charge in [-0.1, -0.05) is 12.1 Å². The van der Waals surface area contributed by atoms with Crippen LogP contribution >= 0.6 is 23.2 Å². The molecule has 11 heteroatoms. The normalized spacial score (nSPS) is 9.41. The van der Waals surface area contributed by atoms with Crippen molar-refractivity contribution < 1.29 is 22.8 Å². The molecule has 0 unspecified atom stereocenters. The Bertz CT molecular complexity index is 810. The molecular weight excluding hydrogens is 432 g/mol. The molecule has 0 fully saturated rings. The third-order valence-corrected chi connectivity index (χ3v) is 2.29. The van der Waals surface area contributed by atoms with Crippen molar-refractivity contribution in [2.45, 2.75) is 13.1 Å². The smallest absolute Gasteiger partial charge is 0.384 e. The second-order valence-corrected chi connectivity index (χ2v) is 5.34. The van der Waals surface area contributed by atoms with Crippen molar-refractivity contribution in [1.29, 1.82) is 5.26 Å². The summed E-state index contributed by atoms with van der Waals surface area (Å²) >= 11 is 9.53. The van der Waals surface area contributed by atoms with E-state index in [0.29, 0.717) is 17.2 Å². The van der Waals surface area contributed by atoms with Gasteiger partial charge in [-0.3, -0.25) is 14.6 Å². The van der Waals surface area contributed by atoms with E-state index in [4.69, 9.17) is 39.0 Å². The Morgan fingerprint density at radius 1 is 1.10 bits per heavy atom. The predicted octanol–water partition coefficient (Wildman–Crippen LogP) is 4.57. The first-order valence-electron chi connectivity index (χ1n) is 7.46. The summed E-state index contributed by atoms with van der Waals surface area (Å²) in [5, 5.41) is 8.40. The summed E-state index contributed by atoms with van der Waals surface area (Å²) in [7, 11) is 0. The molecule has 0 saturated carbocycles. The summed E-state index contributed by atoms with van der Waals surface area (Å²) in [4.78, 5) is 26.7. The first kappa shape index (κ1) is 28.3. The van der Waals surface area contributed by atoms with Crippen molar-refractivity contribution in [1.82, 2.24) is 9.97 Å². The molecular formula is C18H17Cl2F3N4O2. The average molecular weight is 449 g/mol. The largest absolute Gasteiger partial charge is 0.446 e. The topological polar surface area (TPSA) is 110 Å². The van der Waals surface area contributed by atoms with Crippen molar-refractivity contribution in [3.05, 3.63) is 59.6 Å². The van der Waals surface area contributed by atoms with Gasteiger partial charge < -0.3 is 5.73 Å². The quantitative estimate of drug-likeness (QED) is 0.409. The first-order valence-corrected chi connectivity index (χ1v) is 8.52. The molecule has 0 bridgehead atoms. The van der Waals surface area contributed by atoms with Crippen LogP contribution in [0.1, 0.15) is 21.9 Å². The Labute approximate surface area is 175 Å². The minimum Gasteiger partial charge on any atom is -0.384 e. The number of aryl methyl sites for hydroxylation is 1. The molecule has 0 aliphatic rings. The number of aromatic nitrogens is 2. The van der Waals surface area contributed by atoms with Crippen LogP contribution in [0.15, 0.2) is 42.5 Å². The number of allylic oxidation sites excluding steroid dienone is 1. The predicted molar refractivity (Wildman–Crippen MR) is 106 cm³/mol. The number of pyridine rings is 2. The molecule has 0 aliphatic heterocycles. The number of aldehydes is 2. The van der Waals surface area contributed by atoms with Crippen LogP contribution in [0.3, 0.4) is 0 Å². The summed E-state index contributed by atoms with van der Waals surface area (Å²) in [6.07, 6.45) is -1.99. The lowest BCUT2D eigenvalue weighted by Gasteiger charge is -1.92. The molecule has 0 aliphatic carbocycles. The van der Waals surface area contributed by atoms with Crippen molar-refractivity contribution in [2.24, 2.45) is 0 Å². The Morgan fingerprint density at radius 2 is 1.62 bits per heavy atom. The van der Waals surface area contributed by atoms with Gasteiger partial charge in [-0.15, -0.1) is 23.2 Å². The van der Waals surface area contributed by atoms with Gasteiger partial charge in [-0.05, 0) is 37.3 Å². The molecule has 0 spiro atoms. The molecule has 0 saturated heterocycles. The lowest BCUT2D eigenvalue weighted by molar-refractivity contribution is -0.156. The number of nitrogens with zero attached hydrogens (tertiary/aromatic N) is 3. The fourth-order valence-corrected chi connectivity index (χ4v) is 1.31. The highest BCUT2D eigenvalue weighted by Gasteiger charge is 2.24. The Balaban J connectivity index is 0. The molecule has 0 atom stereocenters. The van der Waals surface area contributed by atoms with Gasteiger partial charge in [-0.2, -0.15) is 18.4 Å². The number of alkyl halides is 5. The zero-order chi connectivity index (χ0) is 22.7. The molecule has 2 aromatic heterocycles. The number of carbonyl (C=O) groups is 2. The van der Waals surface area contributed by atoms with E-state index >= 15 is 0 Å². The number of nitrogen functional groups attached to an aromatic ring is 1. The number of anilines is 1. The van der Waals surface area contributed by atoms with Crippen LogP contribution in [0, 0.1) is 18.3 Å². The maximum Gasteiger partial charge on any atom is 0.446 e. The van der Waals surface area contributed by atoms with E-state index in [1.807, 2.05) is 25.1 Å². The minimum atomic E-state index is -4.64. The van der Waals surface area contributed by atoms with Gasteiger partial charge >= 0.3 is 6.18 Å². The molecule has 2 rings (SSSR count). The van der Waals surface area contributed by atoms with Gasteiger partial charge in [0.15, 0.2) is 6.29 Å². The van der Waals surface area contributed by atoms with Crippen molar-refractivity contribution in [3.63, 3.8) is 0 Å². The molecule has 6 nitrogen and oxygen atoms in total. The highest BCUT2D eigenvalue weighted by Crippen LogP contribution is 2.08. The molecule has 29 heavy (non-hydrogen) atoms. The second-order valence-electron chi connectivity index (χ2n) is 4.53. The number of nitriles is 1. The lowest BCUT2D eigenvalue weighted by atomic mass is 10.3. The maximum atomic E-state index is 10.4. The van der Waals surface area contributed by atoms with Crippen LogP contribution in [0.4, 0.5) is 19.0 Å². The summed E-state index contributed by atoms with van der Waals surface area (Å²) < 4.78 is 31.2. The van der Waals surface area contributed by atoms with E-state index in [0.717, 1.165) is 12.0 Å². The van der Waals surface area contributed by atoms with Crippen LogP contribution in [0.2, 0.25) is 0 Å². The molecule has 156 valence electrons. The van der Waals surface area contributed by atoms with Crippen LogP contribution in [0.25, 0.3) is 6.08 Å². The van der Waals surface area contributed by atoms with E-state index in [9.17, 15) is 18.0 Å². The molecule has 0 amide bonds. The minimum absolute atomic E-state index is 0.194. The maximum absolute atomic E-state index is 10.4. The highest BCUT2D eigenvalue weighted by atomic mass is 35.5. The summed E-state index contributed by atoms with van der Waals surface area (Å²) in [6.45, 7) is 1.85. The molecule has 0 radical (unpaired) electrons. The molecule has 0 aromatic carbocycles.